The van der Waals surface area contributed by atoms with Crippen molar-refractivity contribution in [1.82, 2.24) is 0 Å². The molecule has 0 spiro atoms. The molecule has 0 aliphatic rings. The first kappa shape index (κ1) is 10.2. The number of nitro groups is 1. The average molecular weight is 195 g/mol. The largest absolute Gasteiger partial charge is 0.486 e. The molecule has 0 aromatic heterocycles. The van der Waals surface area contributed by atoms with E-state index >= 15 is 0 Å². The molecule has 74 valence electrons. The predicted molar refractivity (Wildman–Crippen MR) is 49.4 cm³/mol. The number of carbonyl (C=O) groups is 1. The molecule has 1 rings (SSSR count). The van der Waals surface area contributed by atoms with Gasteiger partial charge in [0.25, 0.3) is 5.69 Å². The second-order valence-corrected chi connectivity index (χ2v) is 2.64. The summed E-state index contributed by atoms with van der Waals surface area (Å²) >= 11 is 0. The fraction of sp³-hybridized carbons (Fsp3) is 0.222. The molecule has 0 amide bonds. The van der Waals surface area contributed by atoms with Crippen molar-refractivity contribution in [3.63, 3.8) is 0 Å². The molecule has 5 heteroatoms. The van der Waals surface area contributed by atoms with Crippen LogP contribution in [0.3, 0.4) is 0 Å². The van der Waals surface area contributed by atoms with Crippen LogP contribution in [-0.4, -0.2) is 17.8 Å². The topological polar surface area (TPSA) is 69.4 Å². The molecule has 0 N–H and O–H groups in total. The summed E-state index contributed by atoms with van der Waals surface area (Å²) in [4.78, 5) is 20.1. The van der Waals surface area contributed by atoms with Crippen molar-refractivity contribution < 1.29 is 14.5 Å². The number of ether oxygens (including phenoxy) is 1. The monoisotopic (exact) mass is 195 g/mol. The van der Waals surface area contributed by atoms with E-state index in [9.17, 15) is 14.9 Å². The Hall–Kier alpha value is -1.91. The molecule has 0 heterocycles. The first-order valence-electron chi connectivity index (χ1n) is 3.97. The van der Waals surface area contributed by atoms with Crippen LogP contribution in [0.5, 0.6) is 5.75 Å². The van der Waals surface area contributed by atoms with Gasteiger partial charge in [0.05, 0.1) is 10.5 Å². The van der Waals surface area contributed by atoms with E-state index in [4.69, 9.17) is 4.74 Å². The summed E-state index contributed by atoms with van der Waals surface area (Å²) in [5.41, 5.74) is 0.424. The highest BCUT2D eigenvalue weighted by Crippen LogP contribution is 2.26. The van der Waals surface area contributed by atoms with E-state index in [1.165, 1.54) is 12.1 Å². The summed E-state index contributed by atoms with van der Waals surface area (Å²) in [5, 5.41) is 10.5. The highest BCUT2D eigenvalue weighted by atomic mass is 16.6. The number of hydrogen-bond acceptors (Lipinski definition) is 4. The third-order valence-corrected chi connectivity index (χ3v) is 1.76. The lowest BCUT2D eigenvalue weighted by Gasteiger charge is -2.05. The summed E-state index contributed by atoms with van der Waals surface area (Å²) in [5.74, 6) is 0.367. The first-order valence-corrected chi connectivity index (χ1v) is 3.97. The van der Waals surface area contributed by atoms with E-state index in [-0.39, 0.29) is 12.3 Å². The molecule has 0 saturated heterocycles. The van der Waals surface area contributed by atoms with Gasteiger partial charge < -0.3 is 4.74 Å². The van der Waals surface area contributed by atoms with Crippen LogP contribution in [-0.2, 0) is 4.79 Å². The van der Waals surface area contributed by atoms with Crippen molar-refractivity contribution >= 4 is 12.0 Å². The van der Waals surface area contributed by atoms with Gasteiger partial charge >= 0.3 is 0 Å². The summed E-state index contributed by atoms with van der Waals surface area (Å²) in [6, 6.07) is 4.50. The van der Waals surface area contributed by atoms with Crippen LogP contribution in [0.25, 0.3) is 0 Å². The lowest BCUT2D eigenvalue weighted by atomic mass is 10.2. The molecule has 14 heavy (non-hydrogen) atoms. The quantitative estimate of drug-likeness (QED) is 0.414. The van der Waals surface area contributed by atoms with Crippen LogP contribution in [0.1, 0.15) is 5.56 Å². The Labute approximate surface area is 80.5 Å². The van der Waals surface area contributed by atoms with Crippen molar-refractivity contribution in [3.05, 3.63) is 33.9 Å². The Balaban J connectivity index is 3.01. The zero-order chi connectivity index (χ0) is 10.6. The van der Waals surface area contributed by atoms with Gasteiger partial charge in [0.2, 0.25) is 0 Å². The average Bonchev–Trinajstić information content (AvgIpc) is 2.16. The highest BCUT2D eigenvalue weighted by molar-refractivity contribution is 5.53. The molecular formula is C9H9NO4. The smallest absolute Gasteiger partial charge is 0.276 e. The van der Waals surface area contributed by atoms with Crippen molar-refractivity contribution in [2.45, 2.75) is 6.92 Å². The van der Waals surface area contributed by atoms with Crippen molar-refractivity contribution in [2.75, 3.05) is 6.61 Å². The number of rotatable bonds is 4. The minimum absolute atomic E-state index is 0.00611. The van der Waals surface area contributed by atoms with Crippen molar-refractivity contribution in [3.8, 4) is 5.75 Å². The Morgan fingerprint density at radius 3 is 2.86 bits per heavy atom. The van der Waals surface area contributed by atoms with E-state index in [1.807, 2.05) is 0 Å². The summed E-state index contributed by atoms with van der Waals surface area (Å²) in [7, 11) is 0. The molecule has 0 fully saturated rings. The second-order valence-electron chi connectivity index (χ2n) is 2.64. The maximum atomic E-state index is 10.5. The minimum atomic E-state index is -0.483. The molecule has 0 unspecified atom stereocenters. The molecule has 0 atom stereocenters. The van der Waals surface area contributed by atoms with Crippen LogP contribution in [0, 0.1) is 17.0 Å². The predicted octanol–water partition coefficient (Wildman–Crippen LogP) is 1.48. The number of benzene rings is 1. The Morgan fingerprint density at radius 2 is 2.29 bits per heavy atom. The summed E-state index contributed by atoms with van der Waals surface area (Å²) in [6.45, 7) is 1.49. The first-order chi connectivity index (χ1) is 6.66. The van der Waals surface area contributed by atoms with Gasteiger partial charge in [-0.05, 0) is 13.0 Å². The third-order valence-electron chi connectivity index (χ3n) is 1.76. The minimum Gasteiger partial charge on any atom is -0.486 e. The maximum absolute atomic E-state index is 10.5. The van der Waals surface area contributed by atoms with Crippen LogP contribution < -0.4 is 4.74 Å². The van der Waals surface area contributed by atoms with E-state index in [2.05, 4.69) is 0 Å². The molecule has 0 bridgehead atoms. The van der Waals surface area contributed by atoms with E-state index < -0.39 is 4.92 Å². The Kier molecular flexibility index (Phi) is 3.17. The van der Waals surface area contributed by atoms with Crippen molar-refractivity contribution in [1.29, 1.82) is 0 Å². The highest BCUT2D eigenvalue weighted by Gasteiger charge is 2.13. The van der Waals surface area contributed by atoms with E-state index in [1.54, 1.807) is 13.0 Å². The van der Waals surface area contributed by atoms with Gasteiger partial charge in [-0.2, -0.15) is 0 Å². The van der Waals surface area contributed by atoms with Gasteiger partial charge in [0.1, 0.15) is 12.4 Å². The Morgan fingerprint density at radius 1 is 1.57 bits per heavy atom. The summed E-state index contributed by atoms with van der Waals surface area (Å²) in [6.07, 6.45) is 0.596. The van der Waals surface area contributed by atoms with Gasteiger partial charge in [0.15, 0.2) is 6.29 Å². The number of nitro benzene ring substituents is 1. The maximum Gasteiger partial charge on any atom is 0.276 e. The number of nitrogens with zero attached hydrogens (tertiary/aromatic N) is 1. The van der Waals surface area contributed by atoms with Crippen LogP contribution >= 0.6 is 0 Å². The lowest BCUT2D eigenvalue weighted by molar-refractivity contribution is -0.385. The van der Waals surface area contributed by atoms with Crippen LogP contribution in [0.4, 0.5) is 5.69 Å². The molecule has 1 aromatic carbocycles. The van der Waals surface area contributed by atoms with Gasteiger partial charge in [-0.3, -0.25) is 14.9 Å². The molecule has 1 aromatic rings. The normalized spacial score (nSPS) is 9.50. The van der Waals surface area contributed by atoms with Crippen LogP contribution in [0.15, 0.2) is 18.2 Å². The van der Waals surface area contributed by atoms with Gasteiger partial charge in [0, 0.05) is 6.07 Å². The molecule has 0 aliphatic carbocycles. The van der Waals surface area contributed by atoms with E-state index in [0.29, 0.717) is 17.6 Å². The number of hydrogen-bond donors (Lipinski definition) is 0. The van der Waals surface area contributed by atoms with E-state index in [0.717, 1.165) is 0 Å². The molecular weight excluding hydrogens is 186 g/mol. The SMILES string of the molecule is Cc1c(OCC=O)cccc1[N+](=O)[O-]. The molecule has 0 aliphatic heterocycles. The third kappa shape index (κ3) is 2.07. The fourth-order valence-corrected chi connectivity index (χ4v) is 1.08. The lowest BCUT2D eigenvalue weighted by Crippen LogP contribution is -2.01. The molecule has 0 saturated carbocycles. The van der Waals surface area contributed by atoms with Crippen LogP contribution in [0.2, 0.25) is 0 Å². The number of aldehydes is 1. The standard InChI is InChI=1S/C9H9NO4/c1-7-8(10(12)13)3-2-4-9(7)14-6-5-11/h2-5H,6H2,1H3. The second kappa shape index (κ2) is 4.36. The fourth-order valence-electron chi connectivity index (χ4n) is 1.08. The summed E-state index contributed by atoms with van der Waals surface area (Å²) < 4.78 is 5.00. The zero-order valence-corrected chi connectivity index (χ0v) is 7.60. The molecule has 5 nitrogen and oxygen atoms in total. The number of carbonyl (C=O) groups excluding carboxylic acids is 1. The van der Waals surface area contributed by atoms with Gasteiger partial charge in [-0.1, -0.05) is 6.07 Å². The van der Waals surface area contributed by atoms with Gasteiger partial charge in [-0.25, -0.2) is 0 Å². The molecule has 0 radical (unpaired) electrons. The Bertz CT molecular complexity index is 362. The zero-order valence-electron chi connectivity index (χ0n) is 7.60. The van der Waals surface area contributed by atoms with Gasteiger partial charge in [-0.15, -0.1) is 0 Å². The van der Waals surface area contributed by atoms with Crippen molar-refractivity contribution in [2.24, 2.45) is 0 Å².